The van der Waals surface area contributed by atoms with Crippen LogP contribution in [0.3, 0.4) is 0 Å². The molecule has 0 amide bonds. The van der Waals surface area contributed by atoms with Crippen molar-refractivity contribution in [1.29, 1.82) is 0 Å². The quantitative estimate of drug-likeness (QED) is 0.246. The Morgan fingerprint density at radius 3 is 1.97 bits per heavy atom. The van der Waals surface area contributed by atoms with Gasteiger partial charge in [0.15, 0.2) is 0 Å². The van der Waals surface area contributed by atoms with Gasteiger partial charge in [-0.05, 0) is 53.2 Å². The lowest BCUT2D eigenvalue weighted by molar-refractivity contribution is 0.529. The summed E-state index contributed by atoms with van der Waals surface area (Å²) in [6.07, 6.45) is 4.72. The number of aromatic nitrogens is 1. The van der Waals surface area contributed by atoms with Gasteiger partial charge in [-0.3, -0.25) is 0 Å². The van der Waals surface area contributed by atoms with E-state index in [4.69, 9.17) is 0 Å². The lowest BCUT2D eigenvalue weighted by atomic mass is 9.87. The van der Waals surface area contributed by atoms with Crippen LogP contribution in [0.1, 0.15) is 24.2 Å². The molecule has 1 aromatic heterocycles. The Kier molecular flexibility index (Phi) is 5.18. The molecule has 37 heavy (non-hydrogen) atoms. The first-order valence-electron chi connectivity index (χ1n) is 13.0. The van der Waals surface area contributed by atoms with E-state index in [0.29, 0.717) is 5.92 Å². The van der Waals surface area contributed by atoms with Crippen LogP contribution in [0, 0.1) is 5.92 Å². The molecule has 2 nitrogen and oxygen atoms in total. The van der Waals surface area contributed by atoms with Gasteiger partial charge in [0.05, 0.1) is 17.3 Å². The van der Waals surface area contributed by atoms with Crippen LogP contribution < -0.4 is 4.90 Å². The van der Waals surface area contributed by atoms with E-state index in [1.165, 1.54) is 50.0 Å². The molecule has 0 aliphatic heterocycles. The van der Waals surface area contributed by atoms with Gasteiger partial charge in [-0.1, -0.05) is 104 Å². The molecular formula is C35H28N2. The van der Waals surface area contributed by atoms with Gasteiger partial charge in [0, 0.05) is 33.9 Å². The maximum atomic E-state index is 2.52. The Morgan fingerprint density at radius 2 is 1.24 bits per heavy atom. The topological polar surface area (TPSA) is 8.17 Å². The van der Waals surface area contributed by atoms with Crippen molar-refractivity contribution in [1.82, 2.24) is 4.57 Å². The minimum absolute atomic E-state index is 0.115. The second-order valence-corrected chi connectivity index (χ2v) is 9.89. The Hall–Kier alpha value is -4.56. The van der Waals surface area contributed by atoms with E-state index in [-0.39, 0.29) is 6.04 Å². The summed E-state index contributed by atoms with van der Waals surface area (Å²) in [7, 11) is 0. The summed E-state index contributed by atoms with van der Waals surface area (Å²) in [5.41, 5.74) is 7.48. The van der Waals surface area contributed by atoms with Crippen molar-refractivity contribution in [2.45, 2.75) is 13.0 Å². The highest BCUT2D eigenvalue weighted by Crippen LogP contribution is 2.47. The third-order valence-corrected chi connectivity index (χ3v) is 7.63. The molecule has 0 N–H and O–H groups in total. The first-order chi connectivity index (χ1) is 18.3. The molecule has 0 bridgehead atoms. The average molecular weight is 477 g/mol. The highest BCUT2D eigenvalue weighted by Gasteiger charge is 2.35. The maximum absolute atomic E-state index is 2.52. The Morgan fingerprint density at radius 1 is 0.622 bits per heavy atom. The molecule has 5 aromatic carbocycles. The molecule has 0 spiro atoms. The summed E-state index contributed by atoms with van der Waals surface area (Å²) in [6.45, 7) is 2.34. The summed E-state index contributed by atoms with van der Waals surface area (Å²) in [4.78, 5) is 2.52. The summed E-state index contributed by atoms with van der Waals surface area (Å²) in [5, 5.41) is 3.81. The molecule has 6 aromatic rings. The van der Waals surface area contributed by atoms with E-state index >= 15 is 0 Å². The second-order valence-electron chi connectivity index (χ2n) is 9.89. The average Bonchev–Trinajstić information content (AvgIpc) is 3.30. The van der Waals surface area contributed by atoms with Gasteiger partial charge in [0.25, 0.3) is 0 Å². The highest BCUT2D eigenvalue weighted by molar-refractivity contribution is 5.95. The van der Waals surface area contributed by atoms with Crippen LogP contribution in [0.15, 0.2) is 133 Å². The Balaban J connectivity index is 1.54. The number of benzene rings is 5. The number of rotatable bonds is 4. The smallest absolute Gasteiger partial charge is 0.0812 e. The van der Waals surface area contributed by atoms with Gasteiger partial charge in [-0.15, -0.1) is 0 Å². The minimum atomic E-state index is 0.115. The number of fused-ring (bicyclic) bond motifs is 4. The summed E-state index contributed by atoms with van der Waals surface area (Å²) >= 11 is 0. The molecule has 2 unspecified atom stereocenters. The molecule has 2 heteroatoms. The molecule has 0 fully saturated rings. The minimum Gasteiger partial charge on any atom is -0.332 e. The van der Waals surface area contributed by atoms with Crippen LogP contribution in [-0.4, -0.2) is 4.57 Å². The maximum Gasteiger partial charge on any atom is 0.0812 e. The lowest BCUT2D eigenvalue weighted by Gasteiger charge is -2.39. The van der Waals surface area contributed by atoms with Gasteiger partial charge >= 0.3 is 0 Å². The number of hydrogen-bond donors (Lipinski definition) is 0. The predicted octanol–water partition coefficient (Wildman–Crippen LogP) is 9.33. The SMILES string of the molecule is CC1C=Cc2c(n(-c3ccc4ccccc4c3)c3ccccc23)C1N(c1ccccc1)c1ccccc1. The van der Waals surface area contributed by atoms with Gasteiger partial charge in [-0.2, -0.15) is 0 Å². The van der Waals surface area contributed by atoms with Crippen molar-refractivity contribution >= 4 is 39.1 Å². The van der Waals surface area contributed by atoms with Crippen LogP contribution in [0.4, 0.5) is 11.4 Å². The van der Waals surface area contributed by atoms with E-state index < -0.39 is 0 Å². The second kappa shape index (κ2) is 8.83. The molecule has 1 heterocycles. The van der Waals surface area contributed by atoms with Crippen molar-refractivity contribution in [3.8, 4) is 5.69 Å². The van der Waals surface area contributed by atoms with Crippen molar-refractivity contribution in [3.63, 3.8) is 0 Å². The number of para-hydroxylation sites is 3. The van der Waals surface area contributed by atoms with E-state index in [1.807, 2.05) is 0 Å². The van der Waals surface area contributed by atoms with Gasteiger partial charge in [0.1, 0.15) is 0 Å². The van der Waals surface area contributed by atoms with Crippen LogP contribution >= 0.6 is 0 Å². The summed E-state index contributed by atoms with van der Waals surface area (Å²) in [5.74, 6) is 0.302. The third kappa shape index (κ3) is 3.56. The largest absolute Gasteiger partial charge is 0.332 e. The Bertz CT molecular complexity index is 1710. The molecule has 1 aliphatic carbocycles. The van der Waals surface area contributed by atoms with Crippen molar-refractivity contribution in [2.24, 2.45) is 5.92 Å². The first kappa shape index (κ1) is 21.7. The van der Waals surface area contributed by atoms with Gasteiger partial charge in [0.2, 0.25) is 0 Å². The molecule has 1 aliphatic rings. The lowest BCUT2D eigenvalue weighted by Crippen LogP contribution is -2.32. The number of anilines is 2. The molecular weight excluding hydrogens is 448 g/mol. The van der Waals surface area contributed by atoms with Crippen LogP contribution in [-0.2, 0) is 0 Å². The van der Waals surface area contributed by atoms with Crippen molar-refractivity contribution in [3.05, 3.63) is 145 Å². The summed E-state index contributed by atoms with van der Waals surface area (Å²) in [6, 6.07) is 46.0. The predicted molar refractivity (Wildman–Crippen MR) is 157 cm³/mol. The van der Waals surface area contributed by atoms with Gasteiger partial charge < -0.3 is 9.47 Å². The Labute approximate surface area is 217 Å². The van der Waals surface area contributed by atoms with Crippen LogP contribution in [0.2, 0.25) is 0 Å². The zero-order chi connectivity index (χ0) is 24.8. The zero-order valence-corrected chi connectivity index (χ0v) is 20.8. The fraction of sp³-hybridized carbons (Fsp3) is 0.0857. The molecule has 178 valence electrons. The van der Waals surface area contributed by atoms with Gasteiger partial charge in [-0.25, -0.2) is 0 Å². The standard InChI is InChI=1S/C35H28N2/c1-25-20-23-32-31-18-10-11-19-33(31)37(30-22-21-26-12-8-9-13-27(26)24-30)35(32)34(25)36(28-14-4-2-5-15-28)29-16-6-3-7-17-29/h2-25,34H,1H3. The van der Waals surface area contributed by atoms with E-state index in [9.17, 15) is 0 Å². The fourth-order valence-electron chi connectivity index (χ4n) is 5.95. The molecule has 0 saturated carbocycles. The first-order valence-corrected chi connectivity index (χ1v) is 13.0. The molecule has 2 atom stereocenters. The number of nitrogens with zero attached hydrogens (tertiary/aromatic N) is 2. The van der Waals surface area contributed by atoms with Crippen LogP contribution in [0.25, 0.3) is 33.4 Å². The van der Waals surface area contributed by atoms with E-state index in [0.717, 1.165) is 0 Å². The normalized spacial score (nSPS) is 16.7. The molecule has 0 saturated heterocycles. The van der Waals surface area contributed by atoms with Crippen molar-refractivity contribution < 1.29 is 0 Å². The third-order valence-electron chi connectivity index (χ3n) is 7.63. The van der Waals surface area contributed by atoms with Crippen LogP contribution in [0.5, 0.6) is 0 Å². The zero-order valence-electron chi connectivity index (χ0n) is 20.8. The highest BCUT2D eigenvalue weighted by atomic mass is 15.2. The monoisotopic (exact) mass is 476 g/mol. The number of hydrogen-bond acceptors (Lipinski definition) is 1. The fourth-order valence-corrected chi connectivity index (χ4v) is 5.95. The van der Waals surface area contributed by atoms with E-state index in [2.05, 4.69) is 156 Å². The molecule has 0 radical (unpaired) electrons. The van der Waals surface area contributed by atoms with Crippen molar-refractivity contribution in [2.75, 3.05) is 4.90 Å². The van der Waals surface area contributed by atoms with E-state index in [1.54, 1.807) is 0 Å². The molecule has 7 rings (SSSR count). The summed E-state index contributed by atoms with van der Waals surface area (Å²) < 4.78 is 2.50.